The first-order valence-corrected chi connectivity index (χ1v) is 12.5. The zero-order chi connectivity index (χ0) is 25.8. The van der Waals surface area contributed by atoms with Crippen LogP contribution in [0.4, 0.5) is 0 Å². The third-order valence-corrected chi connectivity index (χ3v) is 6.74. The molecule has 3 unspecified atom stereocenters. The van der Waals surface area contributed by atoms with Gasteiger partial charge in [-0.05, 0) is 51.0 Å². The Balaban J connectivity index is 1.61. The topological polar surface area (TPSA) is 76.2 Å². The van der Waals surface area contributed by atoms with Crippen molar-refractivity contribution in [1.82, 2.24) is 9.80 Å². The molecule has 1 fully saturated rings. The van der Waals surface area contributed by atoms with Crippen molar-refractivity contribution in [2.75, 3.05) is 19.7 Å². The molecule has 0 radical (unpaired) electrons. The van der Waals surface area contributed by atoms with E-state index in [9.17, 15) is 14.4 Å². The number of rotatable bonds is 6. The summed E-state index contributed by atoms with van der Waals surface area (Å²) >= 11 is 0. The quantitative estimate of drug-likeness (QED) is 0.565. The summed E-state index contributed by atoms with van der Waals surface area (Å²) in [6.07, 6.45) is 0.148. The molecule has 2 aromatic carbocycles. The van der Waals surface area contributed by atoms with Gasteiger partial charge in [-0.15, -0.1) is 0 Å². The highest BCUT2D eigenvalue weighted by atomic mass is 16.5. The van der Waals surface area contributed by atoms with Crippen LogP contribution < -0.4 is 0 Å². The standard InChI is InChI=1S/C29H34N2O5/c1-5-35-29(34)27-21(4)31(26(32)15-25(27)23-11-7-6-8-12-23)18-22-10-9-13-24(14-22)28(33)30-16-19(2)36-20(3)17-30/h6-14,19-20,25H,5,15-18H2,1-4H3. The van der Waals surface area contributed by atoms with Crippen molar-refractivity contribution in [2.45, 2.75) is 58.8 Å². The number of amides is 2. The number of hydrogen-bond acceptors (Lipinski definition) is 5. The van der Waals surface area contributed by atoms with Crippen LogP contribution >= 0.6 is 0 Å². The maximum Gasteiger partial charge on any atom is 0.336 e. The van der Waals surface area contributed by atoms with Crippen LogP contribution in [0.25, 0.3) is 0 Å². The number of ether oxygens (including phenoxy) is 2. The largest absolute Gasteiger partial charge is 0.463 e. The van der Waals surface area contributed by atoms with Gasteiger partial charge in [-0.25, -0.2) is 4.79 Å². The van der Waals surface area contributed by atoms with E-state index in [1.54, 1.807) is 24.8 Å². The molecule has 0 aliphatic carbocycles. The summed E-state index contributed by atoms with van der Waals surface area (Å²) in [4.78, 5) is 42.9. The van der Waals surface area contributed by atoms with Gasteiger partial charge in [-0.3, -0.25) is 9.59 Å². The number of benzene rings is 2. The monoisotopic (exact) mass is 490 g/mol. The molecule has 7 heteroatoms. The highest BCUT2D eigenvalue weighted by Crippen LogP contribution is 2.37. The molecule has 2 amide bonds. The average molecular weight is 491 g/mol. The van der Waals surface area contributed by atoms with E-state index in [2.05, 4.69) is 0 Å². The predicted octanol–water partition coefficient (Wildman–Crippen LogP) is 4.29. The first-order chi connectivity index (χ1) is 17.3. The molecular formula is C29H34N2O5. The number of allylic oxidation sites excluding steroid dienone is 1. The zero-order valence-corrected chi connectivity index (χ0v) is 21.4. The molecule has 2 aliphatic heterocycles. The van der Waals surface area contributed by atoms with E-state index in [0.29, 0.717) is 29.9 Å². The Morgan fingerprint density at radius 3 is 2.39 bits per heavy atom. The minimum atomic E-state index is -0.402. The molecule has 0 spiro atoms. The number of nitrogens with zero attached hydrogens (tertiary/aromatic N) is 2. The van der Waals surface area contributed by atoms with Gasteiger partial charge in [0.25, 0.3) is 5.91 Å². The van der Waals surface area contributed by atoms with E-state index in [4.69, 9.17) is 9.47 Å². The van der Waals surface area contributed by atoms with Crippen molar-refractivity contribution >= 4 is 17.8 Å². The Hall–Kier alpha value is -3.45. The van der Waals surface area contributed by atoms with Gasteiger partial charge < -0.3 is 19.3 Å². The Morgan fingerprint density at radius 2 is 1.72 bits per heavy atom. The lowest BCUT2D eigenvalue weighted by atomic mass is 9.83. The maximum atomic E-state index is 13.3. The van der Waals surface area contributed by atoms with Crippen molar-refractivity contribution in [3.63, 3.8) is 0 Å². The van der Waals surface area contributed by atoms with Gasteiger partial charge in [0.2, 0.25) is 5.91 Å². The third kappa shape index (κ3) is 5.51. The van der Waals surface area contributed by atoms with Gasteiger partial charge in [0, 0.05) is 36.7 Å². The summed E-state index contributed by atoms with van der Waals surface area (Å²) < 4.78 is 11.1. The fraction of sp³-hybridized carbons (Fsp3) is 0.414. The van der Waals surface area contributed by atoms with Crippen molar-refractivity contribution in [3.8, 4) is 0 Å². The number of carbonyl (C=O) groups is 3. The van der Waals surface area contributed by atoms with Gasteiger partial charge in [-0.2, -0.15) is 0 Å². The predicted molar refractivity (Wildman–Crippen MR) is 136 cm³/mol. The van der Waals surface area contributed by atoms with Gasteiger partial charge in [-0.1, -0.05) is 42.5 Å². The first-order valence-electron chi connectivity index (χ1n) is 12.5. The molecule has 7 nitrogen and oxygen atoms in total. The van der Waals surface area contributed by atoms with Crippen LogP contribution in [0.15, 0.2) is 65.9 Å². The molecule has 0 bridgehead atoms. The molecule has 2 aromatic rings. The summed E-state index contributed by atoms with van der Waals surface area (Å²) in [6.45, 7) is 9.12. The summed E-state index contributed by atoms with van der Waals surface area (Å²) in [7, 11) is 0. The second-order valence-corrected chi connectivity index (χ2v) is 9.53. The SMILES string of the molecule is CCOC(=O)C1=C(C)N(Cc2cccc(C(=O)N3CC(C)OC(C)C3)c2)C(=O)CC1c1ccccc1. The summed E-state index contributed by atoms with van der Waals surface area (Å²) in [5.41, 5.74) is 3.41. The Kier molecular flexibility index (Phi) is 7.89. The minimum Gasteiger partial charge on any atom is -0.463 e. The first kappa shape index (κ1) is 25.6. The van der Waals surface area contributed by atoms with Crippen LogP contribution in [0, 0.1) is 0 Å². The summed E-state index contributed by atoms with van der Waals surface area (Å²) in [5.74, 6) is -0.873. The van der Waals surface area contributed by atoms with Gasteiger partial charge in [0.05, 0.1) is 30.9 Å². The van der Waals surface area contributed by atoms with E-state index in [1.165, 1.54) is 0 Å². The van der Waals surface area contributed by atoms with E-state index in [-0.39, 0.29) is 49.5 Å². The molecule has 3 atom stereocenters. The van der Waals surface area contributed by atoms with Gasteiger partial charge >= 0.3 is 5.97 Å². The molecule has 36 heavy (non-hydrogen) atoms. The van der Waals surface area contributed by atoms with Gasteiger partial charge in [0.15, 0.2) is 0 Å². The lowest BCUT2D eigenvalue weighted by Crippen LogP contribution is -2.48. The van der Waals surface area contributed by atoms with Crippen LogP contribution in [0.3, 0.4) is 0 Å². The molecule has 2 aliphatic rings. The molecule has 2 heterocycles. The van der Waals surface area contributed by atoms with Crippen LogP contribution in [0.1, 0.15) is 61.5 Å². The second-order valence-electron chi connectivity index (χ2n) is 9.53. The summed E-state index contributed by atoms with van der Waals surface area (Å²) in [6, 6.07) is 17.0. The summed E-state index contributed by atoms with van der Waals surface area (Å²) in [5, 5.41) is 0. The van der Waals surface area contributed by atoms with E-state index in [1.807, 2.05) is 67.3 Å². The van der Waals surface area contributed by atoms with Crippen molar-refractivity contribution in [1.29, 1.82) is 0 Å². The number of esters is 1. The third-order valence-electron chi connectivity index (χ3n) is 6.74. The Morgan fingerprint density at radius 1 is 1.03 bits per heavy atom. The van der Waals surface area contributed by atoms with Gasteiger partial charge in [0.1, 0.15) is 0 Å². The minimum absolute atomic E-state index is 0.0153. The fourth-order valence-corrected chi connectivity index (χ4v) is 5.16. The lowest BCUT2D eigenvalue weighted by molar-refractivity contribution is -0.140. The maximum absolute atomic E-state index is 13.3. The smallest absolute Gasteiger partial charge is 0.336 e. The van der Waals surface area contributed by atoms with Crippen molar-refractivity contribution in [2.24, 2.45) is 0 Å². The molecule has 4 rings (SSSR count). The van der Waals surface area contributed by atoms with Crippen LogP contribution in [-0.4, -0.2) is 59.5 Å². The lowest BCUT2D eigenvalue weighted by Gasteiger charge is -2.35. The van der Waals surface area contributed by atoms with Crippen molar-refractivity contribution < 1.29 is 23.9 Å². The Bertz CT molecular complexity index is 1150. The highest BCUT2D eigenvalue weighted by Gasteiger charge is 2.37. The zero-order valence-electron chi connectivity index (χ0n) is 21.4. The molecule has 0 N–H and O–H groups in total. The fourth-order valence-electron chi connectivity index (χ4n) is 5.16. The van der Waals surface area contributed by atoms with E-state index >= 15 is 0 Å². The average Bonchev–Trinajstić information content (AvgIpc) is 2.86. The highest BCUT2D eigenvalue weighted by molar-refractivity contribution is 5.96. The van der Waals surface area contributed by atoms with Crippen LogP contribution in [-0.2, 0) is 25.6 Å². The number of morpholine rings is 1. The molecule has 190 valence electrons. The van der Waals surface area contributed by atoms with E-state index < -0.39 is 5.97 Å². The number of hydrogen-bond donors (Lipinski definition) is 0. The van der Waals surface area contributed by atoms with Crippen LogP contribution in [0.2, 0.25) is 0 Å². The number of carbonyl (C=O) groups excluding carboxylic acids is 3. The van der Waals surface area contributed by atoms with Crippen molar-refractivity contribution in [3.05, 3.63) is 82.6 Å². The molecule has 0 saturated carbocycles. The molecule has 1 saturated heterocycles. The second kappa shape index (κ2) is 11.1. The Labute approximate surface area is 212 Å². The molecule has 0 aromatic heterocycles. The van der Waals surface area contributed by atoms with Crippen LogP contribution in [0.5, 0.6) is 0 Å². The molecular weight excluding hydrogens is 456 g/mol. The van der Waals surface area contributed by atoms with E-state index in [0.717, 1.165) is 11.1 Å². The normalized spacial score (nSPS) is 22.6.